The van der Waals surface area contributed by atoms with Crippen molar-refractivity contribution in [2.75, 3.05) is 11.4 Å². The Hall–Kier alpha value is -2.11. The fraction of sp³-hybridized carbons (Fsp3) is 0.562. The van der Waals surface area contributed by atoms with Gasteiger partial charge in [-0.25, -0.2) is 4.79 Å². The molecule has 0 unspecified atom stereocenters. The maximum absolute atomic E-state index is 12.6. The van der Waals surface area contributed by atoms with Crippen LogP contribution in [-0.2, 0) is 4.79 Å². The normalized spacial score (nSPS) is 23.6. The Labute approximate surface area is 130 Å². The van der Waals surface area contributed by atoms with Crippen LogP contribution < -0.4 is 15.5 Å². The lowest BCUT2D eigenvalue weighted by Gasteiger charge is -2.40. The Morgan fingerprint density at radius 1 is 1.41 bits per heavy atom. The van der Waals surface area contributed by atoms with Crippen LogP contribution in [0.3, 0.4) is 0 Å². The average molecular weight is 302 g/mol. The van der Waals surface area contributed by atoms with E-state index >= 15 is 0 Å². The van der Waals surface area contributed by atoms with Crippen molar-refractivity contribution in [3.8, 4) is 0 Å². The summed E-state index contributed by atoms with van der Waals surface area (Å²) in [5, 5.41) is 5.81. The predicted molar refractivity (Wildman–Crippen MR) is 83.5 cm³/mol. The van der Waals surface area contributed by atoms with Crippen molar-refractivity contribution in [1.82, 2.24) is 15.6 Å². The van der Waals surface area contributed by atoms with Gasteiger partial charge in [-0.2, -0.15) is 0 Å². The van der Waals surface area contributed by atoms with Gasteiger partial charge in [-0.05, 0) is 51.2 Å². The second-order valence-electron chi connectivity index (χ2n) is 6.41. The third kappa shape index (κ3) is 3.05. The molecule has 22 heavy (non-hydrogen) atoms. The van der Waals surface area contributed by atoms with Gasteiger partial charge in [0.25, 0.3) is 0 Å². The number of nitrogens with zero attached hydrogens (tertiary/aromatic N) is 2. The van der Waals surface area contributed by atoms with E-state index in [2.05, 4.69) is 15.6 Å². The summed E-state index contributed by atoms with van der Waals surface area (Å²) in [6.07, 6.45) is 8.05. The minimum atomic E-state index is -0.461. The van der Waals surface area contributed by atoms with E-state index in [1.165, 1.54) is 0 Å². The first-order chi connectivity index (χ1) is 10.6. The lowest BCUT2D eigenvalue weighted by atomic mass is 9.79. The van der Waals surface area contributed by atoms with E-state index in [4.69, 9.17) is 0 Å². The molecular weight excluding hydrogens is 280 g/mol. The monoisotopic (exact) mass is 302 g/mol. The van der Waals surface area contributed by atoms with Crippen LogP contribution in [-0.4, -0.2) is 35.0 Å². The third-order valence-corrected chi connectivity index (χ3v) is 4.57. The van der Waals surface area contributed by atoms with Crippen LogP contribution in [0.2, 0.25) is 0 Å². The maximum Gasteiger partial charge on any atom is 0.315 e. The molecule has 0 radical (unpaired) electrons. The van der Waals surface area contributed by atoms with Crippen molar-refractivity contribution in [3.05, 3.63) is 24.5 Å². The molecule has 6 nitrogen and oxygen atoms in total. The number of carbonyl (C=O) groups is 2. The second-order valence-corrected chi connectivity index (χ2v) is 6.41. The van der Waals surface area contributed by atoms with Crippen molar-refractivity contribution < 1.29 is 9.59 Å². The standard InChI is InChI=1S/C16H22N4O2/c1-16(7-4-8-16)19-15(22)18-13-6-3-10-20(14(13)21)12-5-2-9-17-11-12/h2,5,9,11,13H,3-4,6-8,10H2,1H3,(H2,18,19,22)/t13-/m1/s1. The molecule has 3 rings (SSSR count). The quantitative estimate of drug-likeness (QED) is 0.894. The molecule has 6 heteroatoms. The van der Waals surface area contributed by atoms with E-state index < -0.39 is 6.04 Å². The highest BCUT2D eigenvalue weighted by atomic mass is 16.2. The van der Waals surface area contributed by atoms with Gasteiger partial charge >= 0.3 is 6.03 Å². The largest absolute Gasteiger partial charge is 0.333 e. The van der Waals surface area contributed by atoms with E-state index in [1.54, 1.807) is 17.3 Å². The zero-order valence-electron chi connectivity index (χ0n) is 12.8. The minimum Gasteiger partial charge on any atom is -0.333 e. The molecule has 1 aliphatic carbocycles. The number of amides is 3. The molecule has 2 aliphatic rings. The van der Waals surface area contributed by atoms with Gasteiger partial charge < -0.3 is 15.5 Å². The van der Waals surface area contributed by atoms with Gasteiger partial charge in [-0.1, -0.05) is 0 Å². The summed E-state index contributed by atoms with van der Waals surface area (Å²) >= 11 is 0. The summed E-state index contributed by atoms with van der Waals surface area (Å²) in [5.74, 6) is -0.0619. The number of hydrogen-bond donors (Lipinski definition) is 2. The van der Waals surface area contributed by atoms with E-state index in [0.29, 0.717) is 13.0 Å². The van der Waals surface area contributed by atoms with E-state index in [-0.39, 0.29) is 17.5 Å². The number of hydrogen-bond acceptors (Lipinski definition) is 3. The Balaban J connectivity index is 1.61. The molecule has 1 aliphatic heterocycles. The van der Waals surface area contributed by atoms with E-state index in [1.807, 2.05) is 19.1 Å². The van der Waals surface area contributed by atoms with Crippen LogP contribution in [0.5, 0.6) is 0 Å². The average Bonchev–Trinajstić information content (AvgIpc) is 2.48. The van der Waals surface area contributed by atoms with Crippen LogP contribution in [0, 0.1) is 0 Å². The van der Waals surface area contributed by atoms with E-state index in [0.717, 1.165) is 31.4 Å². The minimum absolute atomic E-state index is 0.0619. The summed E-state index contributed by atoms with van der Waals surface area (Å²) in [6, 6.07) is 2.97. The molecule has 2 N–H and O–H groups in total. The topological polar surface area (TPSA) is 74.3 Å². The van der Waals surface area contributed by atoms with Crippen molar-refractivity contribution in [2.24, 2.45) is 0 Å². The lowest BCUT2D eigenvalue weighted by molar-refractivity contribution is -0.121. The Kier molecular flexibility index (Phi) is 4.00. The van der Waals surface area contributed by atoms with Gasteiger partial charge in [0.15, 0.2) is 0 Å². The highest BCUT2D eigenvalue weighted by molar-refractivity contribution is 5.99. The van der Waals surface area contributed by atoms with E-state index in [9.17, 15) is 9.59 Å². The highest BCUT2D eigenvalue weighted by Crippen LogP contribution is 2.30. The molecular formula is C16H22N4O2. The van der Waals surface area contributed by atoms with Gasteiger partial charge in [0, 0.05) is 18.3 Å². The number of urea groups is 1. The Bertz CT molecular complexity index is 557. The summed E-state index contributed by atoms with van der Waals surface area (Å²) in [5.41, 5.74) is 0.676. The zero-order valence-corrected chi connectivity index (χ0v) is 12.8. The van der Waals surface area contributed by atoms with Gasteiger partial charge in [0.05, 0.1) is 11.9 Å². The lowest BCUT2D eigenvalue weighted by Crippen LogP contribution is -2.59. The molecule has 0 bridgehead atoms. The molecule has 1 saturated heterocycles. The smallest absolute Gasteiger partial charge is 0.315 e. The second kappa shape index (κ2) is 5.94. The molecule has 2 fully saturated rings. The van der Waals surface area contributed by atoms with Crippen LogP contribution >= 0.6 is 0 Å². The van der Waals surface area contributed by atoms with Gasteiger partial charge in [-0.3, -0.25) is 9.78 Å². The zero-order chi connectivity index (χ0) is 15.6. The number of aromatic nitrogens is 1. The number of carbonyl (C=O) groups excluding carboxylic acids is 2. The molecule has 1 atom stereocenters. The SMILES string of the molecule is CC1(NC(=O)N[C@@H]2CCCN(c3cccnc3)C2=O)CCC1. The molecule has 2 heterocycles. The van der Waals surface area contributed by atoms with Crippen LogP contribution in [0.25, 0.3) is 0 Å². The highest BCUT2D eigenvalue weighted by Gasteiger charge is 2.35. The van der Waals surface area contributed by atoms with Crippen molar-refractivity contribution in [1.29, 1.82) is 0 Å². The number of rotatable bonds is 3. The molecule has 1 aromatic rings. The molecule has 1 aromatic heterocycles. The van der Waals surface area contributed by atoms with Crippen LogP contribution in [0.4, 0.5) is 10.5 Å². The summed E-state index contributed by atoms with van der Waals surface area (Å²) < 4.78 is 0. The first kappa shape index (κ1) is 14.8. The van der Waals surface area contributed by atoms with Gasteiger partial charge in [0.2, 0.25) is 5.91 Å². The Morgan fingerprint density at radius 3 is 2.86 bits per heavy atom. The summed E-state index contributed by atoms with van der Waals surface area (Å²) in [4.78, 5) is 30.4. The molecule has 0 spiro atoms. The van der Waals surface area contributed by atoms with Gasteiger partial charge in [-0.15, -0.1) is 0 Å². The molecule has 0 aromatic carbocycles. The maximum atomic E-state index is 12.6. The van der Waals surface area contributed by atoms with Crippen molar-refractivity contribution in [2.45, 2.75) is 50.6 Å². The Morgan fingerprint density at radius 2 is 2.23 bits per heavy atom. The number of nitrogens with one attached hydrogen (secondary N) is 2. The van der Waals surface area contributed by atoms with Crippen molar-refractivity contribution >= 4 is 17.6 Å². The number of anilines is 1. The van der Waals surface area contributed by atoms with Gasteiger partial charge in [0.1, 0.15) is 6.04 Å². The fourth-order valence-corrected chi connectivity index (χ4v) is 3.08. The summed E-state index contributed by atoms with van der Waals surface area (Å²) in [6.45, 7) is 2.71. The van der Waals surface area contributed by atoms with Crippen molar-refractivity contribution in [3.63, 3.8) is 0 Å². The number of pyridine rings is 1. The fourth-order valence-electron chi connectivity index (χ4n) is 3.08. The molecule has 118 valence electrons. The molecule has 3 amide bonds. The van der Waals surface area contributed by atoms with Crippen LogP contribution in [0.1, 0.15) is 39.0 Å². The number of piperidine rings is 1. The summed E-state index contributed by atoms with van der Waals surface area (Å²) in [7, 11) is 0. The third-order valence-electron chi connectivity index (χ3n) is 4.57. The first-order valence-corrected chi connectivity index (χ1v) is 7.87. The predicted octanol–water partition coefficient (Wildman–Crippen LogP) is 1.82. The molecule has 1 saturated carbocycles. The van der Waals surface area contributed by atoms with Crippen LogP contribution in [0.15, 0.2) is 24.5 Å². The first-order valence-electron chi connectivity index (χ1n) is 7.87.